The van der Waals surface area contributed by atoms with Gasteiger partial charge in [-0.2, -0.15) is 0 Å². The van der Waals surface area contributed by atoms with Crippen molar-refractivity contribution in [3.63, 3.8) is 0 Å². The van der Waals surface area contributed by atoms with Crippen molar-refractivity contribution in [2.75, 3.05) is 18.6 Å². The van der Waals surface area contributed by atoms with Crippen molar-refractivity contribution in [3.05, 3.63) is 22.4 Å². The van der Waals surface area contributed by atoms with Gasteiger partial charge in [-0.25, -0.2) is 8.42 Å². The molecule has 0 aliphatic carbocycles. The molecule has 0 amide bonds. The summed E-state index contributed by atoms with van der Waals surface area (Å²) in [4.78, 5) is 0.888. The number of hydrogen-bond acceptors (Lipinski definition) is 5. The van der Waals surface area contributed by atoms with Gasteiger partial charge >= 0.3 is 0 Å². The van der Waals surface area contributed by atoms with Gasteiger partial charge < -0.3 is 10.4 Å². The van der Waals surface area contributed by atoms with Crippen LogP contribution in [0, 0.1) is 0 Å². The van der Waals surface area contributed by atoms with Crippen molar-refractivity contribution in [2.45, 2.75) is 19.1 Å². The van der Waals surface area contributed by atoms with Crippen molar-refractivity contribution >= 4 is 21.2 Å². The SMILES string of the molecule is CC(CS(C)(=O)=O)NCC(O)c1cccs1. The summed E-state index contributed by atoms with van der Waals surface area (Å²) in [7, 11) is -2.97. The summed E-state index contributed by atoms with van der Waals surface area (Å²) < 4.78 is 22.0. The van der Waals surface area contributed by atoms with Gasteiger partial charge in [0.2, 0.25) is 0 Å². The first kappa shape index (κ1) is 13.6. The maximum Gasteiger partial charge on any atom is 0.148 e. The second-order valence-electron chi connectivity index (χ2n) is 3.93. The number of aliphatic hydroxyl groups is 1. The highest BCUT2D eigenvalue weighted by Crippen LogP contribution is 2.17. The summed E-state index contributed by atoms with van der Waals surface area (Å²) in [6.07, 6.45) is 0.642. The lowest BCUT2D eigenvalue weighted by atomic mass is 10.2. The topological polar surface area (TPSA) is 66.4 Å². The van der Waals surface area contributed by atoms with E-state index in [-0.39, 0.29) is 11.8 Å². The highest BCUT2D eigenvalue weighted by molar-refractivity contribution is 7.90. The Labute approximate surface area is 100 Å². The third-order valence-electron chi connectivity index (χ3n) is 2.08. The molecule has 4 nitrogen and oxygen atoms in total. The summed E-state index contributed by atoms with van der Waals surface area (Å²) >= 11 is 1.49. The van der Waals surface area contributed by atoms with E-state index in [1.54, 1.807) is 6.92 Å². The van der Waals surface area contributed by atoms with E-state index in [9.17, 15) is 13.5 Å². The molecule has 1 rings (SSSR count). The molecule has 1 heterocycles. The highest BCUT2D eigenvalue weighted by atomic mass is 32.2. The lowest BCUT2D eigenvalue weighted by Crippen LogP contribution is -2.35. The van der Waals surface area contributed by atoms with Crippen LogP contribution in [0.5, 0.6) is 0 Å². The van der Waals surface area contributed by atoms with E-state index in [1.807, 2.05) is 17.5 Å². The van der Waals surface area contributed by atoms with Gasteiger partial charge in [0.05, 0.1) is 5.75 Å². The molecule has 16 heavy (non-hydrogen) atoms. The van der Waals surface area contributed by atoms with Crippen LogP contribution in [0.2, 0.25) is 0 Å². The molecule has 6 heteroatoms. The number of sulfone groups is 1. The van der Waals surface area contributed by atoms with E-state index in [1.165, 1.54) is 17.6 Å². The number of rotatable bonds is 6. The summed E-state index contributed by atoms with van der Waals surface area (Å²) in [5.41, 5.74) is 0. The summed E-state index contributed by atoms with van der Waals surface area (Å²) in [5.74, 6) is 0.0875. The zero-order chi connectivity index (χ0) is 12.2. The lowest BCUT2D eigenvalue weighted by Gasteiger charge is -2.15. The Hall–Kier alpha value is -0.430. The molecule has 2 atom stereocenters. The first-order valence-electron chi connectivity index (χ1n) is 5.01. The zero-order valence-corrected chi connectivity index (χ0v) is 11.0. The van der Waals surface area contributed by atoms with Crippen molar-refractivity contribution in [1.29, 1.82) is 0 Å². The smallest absolute Gasteiger partial charge is 0.148 e. The third-order valence-corrected chi connectivity index (χ3v) is 4.16. The number of hydrogen-bond donors (Lipinski definition) is 2. The number of nitrogens with one attached hydrogen (secondary N) is 1. The van der Waals surface area contributed by atoms with Crippen molar-refractivity contribution in [3.8, 4) is 0 Å². The Kier molecular flexibility index (Phi) is 4.91. The van der Waals surface area contributed by atoms with Crippen LogP contribution < -0.4 is 5.32 Å². The van der Waals surface area contributed by atoms with Gasteiger partial charge in [-0.05, 0) is 18.4 Å². The van der Waals surface area contributed by atoms with Crippen LogP contribution in [0.25, 0.3) is 0 Å². The lowest BCUT2D eigenvalue weighted by molar-refractivity contribution is 0.175. The third kappa shape index (κ3) is 5.07. The van der Waals surface area contributed by atoms with E-state index in [2.05, 4.69) is 5.32 Å². The van der Waals surface area contributed by atoms with E-state index in [0.717, 1.165) is 4.88 Å². The summed E-state index contributed by atoms with van der Waals surface area (Å²) in [5, 5.41) is 14.7. The van der Waals surface area contributed by atoms with Gasteiger partial charge in [0.1, 0.15) is 15.9 Å². The van der Waals surface area contributed by atoms with Gasteiger partial charge in [-0.1, -0.05) is 6.07 Å². The van der Waals surface area contributed by atoms with Crippen LogP contribution >= 0.6 is 11.3 Å². The molecule has 92 valence electrons. The minimum absolute atomic E-state index is 0.0875. The second-order valence-corrected chi connectivity index (χ2v) is 7.10. The normalized spacial score (nSPS) is 15.9. The van der Waals surface area contributed by atoms with Crippen LogP contribution in [0.3, 0.4) is 0 Å². The monoisotopic (exact) mass is 263 g/mol. The zero-order valence-electron chi connectivity index (χ0n) is 9.38. The number of thiophene rings is 1. The van der Waals surface area contributed by atoms with Crippen LogP contribution in [-0.2, 0) is 9.84 Å². The van der Waals surface area contributed by atoms with Gasteiger partial charge in [0.25, 0.3) is 0 Å². The average Bonchev–Trinajstić information content (AvgIpc) is 2.64. The van der Waals surface area contributed by atoms with Gasteiger partial charge in [0, 0.05) is 23.7 Å². The van der Waals surface area contributed by atoms with Crippen LogP contribution in [0.4, 0.5) is 0 Å². The van der Waals surface area contributed by atoms with Crippen LogP contribution in [-0.4, -0.2) is 38.1 Å². The summed E-state index contributed by atoms with van der Waals surface area (Å²) in [6.45, 7) is 2.17. The number of aliphatic hydroxyl groups excluding tert-OH is 1. The fourth-order valence-electron chi connectivity index (χ4n) is 1.41. The Morgan fingerprint density at radius 3 is 2.75 bits per heavy atom. The molecule has 2 N–H and O–H groups in total. The van der Waals surface area contributed by atoms with Gasteiger partial charge in [-0.15, -0.1) is 11.3 Å². The molecule has 0 aromatic carbocycles. The fraction of sp³-hybridized carbons (Fsp3) is 0.600. The first-order chi connectivity index (χ1) is 7.38. The molecule has 0 spiro atoms. The predicted octanol–water partition coefficient (Wildman–Crippen LogP) is 0.804. The Morgan fingerprint density at radius 1 is 1.56 bits per heavy atom. The molecule has 0 radical (unpaired) electrons. The minimum Gasteiger partial charge on any atom is -0.386 e. The second kappa shape index (κ2) is 5.77. The maximum atomic E-state index is 11.0. The standard InChI is InChI=1S/C10H17NO3S2/c1-8(7-16(2,13)14)11-6-9(12)10-4-3-5-15-10/h3-5,8-9,11-12H,6-7H2,1-2H3. The highest BCUT2D eigenvalue weighted by Gasteiger charge is 2.13. The minimum atomic E-state index is -2.97. The van der Waals surface area contributed by atoms with Crippen molar-refractivity contribution < 1.29 is 13.5 Å². The molecule has 0 bridgehead atoms. The molecule has 1 aromatic rings. The molecule has 0 aliphatic rings. The largest absolute Gasteiger partial charge is 0.386 e. The van der Waals surface area contributed by atoms with E-state index in [4.69, 9.17) is 0 Å². The molecule has 0 aliphatic heterocycles. The molecule has 0 saturated heterocycles. The molecular weight excluding hydrogens is 246 g/mol. The van der Waals surface area contributed by atoms with E-state index >= 15 is 0 Å². The Bertz CT molecular complexity index is 400. The maximum absolute atomic E-state index is 11.0. The van der Waals surface area contributed by atoms with Crippen molar-refractivity contribution in [2.24, 2.45) is 0 Å². The van der Waals surface area contributed by atoms with E-state index < -0.39 is 15.9 Å². The first-order valence-corrected chi connectivity index (χ1v) is 7.95. The molecular formula is C10H17NO3S2. The Morgan fingerprint density at radius 2 is 2.25 bits per heavy atom. The van der Waals surface area contributed by atoms with Crippen LogP contribution in [0.15, 0.2) is 17.5 Å². The fourth-order valence-corrected chi connectivity index (χ4v) is 3.15. The predicted molar refractivity (Wildman–Crippen MR) is 66.5 cm³/mol. The molecule has 0 fully saturated rings. The molecule has 1 aromatic heterocycles. The molecule has 0 saturated carbocycles. The van der Waals surface area contributed by atoms with E-state index in [0.29, 0.717) is 6.54 Å². The summed E-state index contributed by atoms with van der Waals surface area (Å²) in [6, 6.07) is 3.59. The average molecular weight is 263 g/mol. The van der Waals surface area contributed by atoms with Gasteiger partial charge in [0.15, 0.2) is 0 Å². The quantitative estimate of drug-likeness (QED) is 0.797. The Balaban J connectivity index is 2.35. The molecule has 2 unspecified atom stereocenters. The van der Waals surface area contributed by atoms with Crippen molar-refractivity contribution in [1.82, 2.24) is 5.32 Å². The van der Waals surface area contributed by atoms with Gasteiger partial charge in [-0.3, -0.25) is 0 Å². The van der Waals surface area contributed by atoms with Crippen LogP contribution in [0.1, 0.15) is 17.9 Å².